The predicted octanol–water partition coefficient (Wildman–Crippen LogP) is 2.99. The zero-order valence-electron chi connectivity index (χ0n) is 12.2. The third-order valence-electron chi connectivity index (χ3n) is 3.33. The van der Waals surface area contributed by atoms with Crippen molar-refractivity contribution < 1.29 is 19.0 Å². The molecule has 0 fully saturated rings. The number of benzene rings is 2. The molecule has 2 aromatic rings. The normalized spacial score (nSPS) is 12.0. The van der Waals surface area contributed by atoms with Gasteiger partial charge in [0.1, 0.15) is 5.82 Å². The number of halogens is 1. The van der Waals surface area contributed by atoms with Crippen LogP contribution in [0.2, 0.25) is 0 Å². The largest absolute Gasteiger partial charge is 0.493 e. The summed E-state index contributed by atoms with van der Waals surface area (Å²) in [6.07, 6.45) is 0.0513. The van der Waals surface area contributed by atoms with Gasteiger partial charge in [0.05, 0.1) is 20.3 Å². The van der Waals surface area contributed by atoms with Crippen molar-refractivity contribution in [3.63, 3.8) is 0 Å². The number of aliphatic hydroxyl groups is 1. The van der Waals surface area contributed by atoms with Crippen LogP contribution in [0.4, 0.5) is 4.39 Å². The van der Waals surface area contributed by atoms with Crippen LogP contribution in [0.15, 0.2) is 42.5 Å². The van der Waals surface area contributed by atoms with Crippen LogP contribution >= 0.6 is 0 Å². The monoisotopic (exact) mass is 290 g/mol. The van der Waals surface area contributed by atoms with E-state index in [2.05, 4.69) is 0 Å². The molecule has 0 saturated carbocycles. The minimum Gasteiger partial charge on any atom is -0.493 e. The molecule has 0 aliphatic rings. The Morgan fingerprint density at radius 2 is 1.71 bits per heavy atom. The van der Waals surface area contributed by atoms with E-state index in [1.54, 1.807) is 38.5 Å². The van der Waals surface area contributed by atoms with Crippen molar-refractivity contribution in [2.24, 2.45) is 0 Å². The first kappa shape index (κ1) is 15.3. The minimum atomic E-state index is -0.653. The SMILES string of the molecule is COc1ccc(CC(O)Cc2ccccc2F)cc1OC. The first-order chi connectivity index (χ1) is 10.1. The standard InChI is InChI=1S/C17H19FO3/c1-20-16-8-7-12(10-17(16)21-2)9-14(19)11-13-5-3-4-6-15(13)18/h3-8,10,14,19H,9,11H2,1-2H3. The molecule has 0 aromatic heterocycles. The minimum absolute atomic E-state index is 0.279. The molecule has 21 heavy (non-hydrogen) atoms. The molecule has 1 unspecified atom stereocenters. The Kier molecular flexibility index (Phi) is 5.17. The molecule has 2 aromatic carbocycles. The highest BCUT2D eigenvalue weighted by molar-refractivity contribution is 5.43. The quantitative estimate of drug-likeness (QED) is 0.889. The summed E-state index contributed by atoms with van der Waals surface area (Å²) in [6, 6.07) is 12.0. The smallest absolute Gasteiger partial charge is 0.160 e. The van der Waals surface area contributed by atoms with Gasteiger partial charge < -0.3 is 14.6 Å². The zero-order valence-corrected chi connectivity index (χ0v) is 12.2. The number of rotatable bonds is 6. The van der Waals surface area contributed by atoms with E-state index in [1.807, 2.05) is 12.1 Å². The van der Waals surface area contributed by atoms with Crippen LogP contribution in [0, 0.1) is 5.82 Å². The molecule has 0 radical (unpaired) electrons. The first-order valence-electron chi connectivity index (χ1n) is 6.76. The molecular weight excluding hydrogens is 271 g/mol. The summed E-state index contributed by atoms with van der Waals surface area (Å²) in [7, 11) is 3.14. The van der Waals surface area contributed by atoms with Gasteiger partial charge in [-0.15, -0.1) is 0 Å². The van der Waals surface area contributed by atoms with Gasteiger partial charge in [-0.1, -0.05) is 24.3 Å². The summed E-state index contributed by atoms with van der Waals surface area (Å²) in [4.78, 5) is 0. The maximum absolute atomic E-state index is 13.6. The summed E-state index contributed by atoms with van der Waals surface area (Å²) < 4.78 is 24.0. The summed E-state index contributed by atoms with van der Waals surface area (Å²) in [6.45, 7) is 0. The molecule has 0 spiro atoms. The van der Waals surface area contributed by atoms with Crippen molar-refractivity contribution in [1.29, 1.82) is 0 Å². The highest BCUT2D eigenvalue weighted by Crippen LogP contribution is 2.28. The molecule has 1 N–H and O–H groups in total. The number of methoxy groups -OCH3 is 2. The van der Waals surface area contributed by atoms with Crippen molar-refractivity contribution in [3.05, 3.63) is 59.4 Å². The Morgan fingerprint density at radius 3 is 2.38 bits per heavy atom. The van der Waals surface area contributed by atoms with Crippen molar-refractivity contribution in [2.45, 2.75) is 18.9 Å². The van der Waals surface area contributed by atoms with Gasteiger partial charge >= 0.3 is 0 Å². The third-order valence-corrected chi connectivity index (χ3v) is 3.33. The summed E-state index contributed by atoms with van der Waals surface area (Å²) in [5, 5.41) is 10.1. The number of hydrogen-bond donors (Lipinski definition) is 1. The van der Waals surface area contributed by atoms with Crippen LogP contribution in [0.1, 0.15) is 11.1 Å². The fourth-order valence-corrected chi connectivity index (χ4v) is 2.27. The molecule has 0 saturated heterocycles. The van der Waals surface area contributed by atoms with Crippen molar-refractivity contribution in [1.82, 2.24) is 0 Å². The number of aliphatic hydroxyl groups excluding tert-OH is 1. The van der Waals surface area contributed by atoms with Crippen molar-refractivity contribution >= 4 is 0 Å². The molecule has 0 heterocycles. The highest BCUT2D eigenvalue weighted by Gasteiger charge is 2.12. The fraction of sp³-hybridized carbons (Fsp3) is 0.294. The molecule has 3 nitrogen and oxygen atoms in total. The van der Waals surface area contributed by atoms with Gasteiger partial charge in [0.25, 0.3) is 0 Å². The number of hydrogen-bond acceptors (Lipinski definition) is 3. The van der Waals surface area contributed by atoms with Gasteiger partial charge in [-0.25, -0.2) is 4.39 Å². The highest BCUT2D eigenvalue weighted by atomic mass is 19.1. The molecule has 1 atom stereocenters. The first-order valence-corrected chi connectivity index (χ1v) is 6.76. The van der Waals surface area contributed by atoms with Crippen LogP contribution < -0.4 is 9.47 Å². The van der Waals surface area contributed by atoms with E-state index in [-0.39, 0.29) is 12.2 Å². The van der Waals surface area contributed by atoms with Crippen molar-refractivity contribution in [3.8, 4) is 11.5 Å². The second-order valence-corrected chi connectivity index (χ2v) is 4.84. The van der Waals surface area contributed by atoms with Crippen LogP contribution in [-0.4, -0.2) is 25.4 Å². The second-order valence-electron chi connectivity index (χ2n) is 4.84. The Hall–Kier alpha value is -2.07. The Bertz CT molecular complexity index is 598. The molecule has 112 valence electrons. The van der Waals surface area contributed by atoms with Gasteiger partial charge in [-0.3, -0.25) is 0 Å². The van der Waals surface area contributed by atoms with E-state index >= 15 is 0 Å². The molecule has 0 amide bonds. The molecule has 0 aliphatic carbocycles. The molecular formula is C17H19FO3. The molecule has 2 rings (SSSR count). The lowest BCUT2D eigenvalue weighted by Gasteiger charge is -2.13. The van der Waals surface area contributed by atoms with Crippen LogP contribution in [-0.2, 0) is 12.8 Å². The Balaban J connectivity index is 2.06. The van der Waals surface area contributed by atoms with Gasteiger partial charge in [-0.05, 0) is 35.7 Å². The molecule has 4 heteroatoms. The Morgan fingerprint density at radius 1 is 1.00 bits per heavy atom. The predicted molar refractivity (Wildman–Crippen MR) is 79.4 cm³/mol. The van der Waals surface area contributed by atoms with Crippen LogP contribution in [0.5, 0.6) is 11.5 Å². The molecule has 0 bridgehead atoms. The lowest BCUT2D eigenvalue weighted by molar-refractivity contribution is 0.174. The van der Waals surface area contributed by atoms with E-state index in [0.29, 0.717) is 23.5 Å². The van der Waals surface area contributed by atoms with Gasteiger partial charge in [-0.2, -0.15) is 0 Å². The maximum atomic E-state index is 13.6. The fourth-order valence-electron chi connectivity index (χ4n) is 2.27. The number of ether oxygens (including phenoxy) is 2. The van der Waals surface area contributed by atoms with Gasteiger partial charge in [0.15, 0.2) is 11.5 Å². The van der Waals surface area contributed by atoms with Crippen LogP contribution in [0.25, 0.3) is 0 Å². The Labute approximate surface area is 124 Å². The zero-order chi connectivity index (χ0) is 15.2. The average Bonchev–Trinajstić information content (AvgIpc) is 2.49. The van der Waals surface area contributed by atoms with Gasteiger partial charge in [0.2, 0.25) is 0 Å². The lowest BCUT2D eigenvalue weighted by atomic mass is 10.0. The summed E-state index contributed by atoms with van der Waals surface area (Å²) in [5.41, 5.74) is 1.43. The molecule has 0 aliphatic heterocycles. The van der Waals surface area contributed by atoms with E-state index in [9.17, 15) is 9.50 Å². The van der Waals surface area contributed by atoms with Crippen molar-refractivity contribution in [2.75, 3.05) is 14.2 Å². The van der Waals surface area contributed by atoms with E-state index < -0.39 is 6.10 Å². The van der Waals surface area contributed by atoms with E-state index in [4.69, 9.17) is 9.47 Å². The summed E-state index contributed by atoms with van der Waals surface area (Å²) in [5.74, 6) is 0.974. The average molecular weight is 290 g/mol. The third kappa shape index (κ3) is 3.95. The van der Waals surface area contributed by atoms with Crippen LogP contribution in [0.3, 0.4) is 0 Å². The summed E-state index contributed by atoms with van der Waals surface area (Å²) >= 11 is 0. The van der Waals surface area contributed by atoms with Gasteiger partial charge in [0, 0.05) is 6.42 Å². The van der Waals surface area contributed by atoms with E-state index in [0.717, 1.165) is 5.56 Å². The lowest BCUT2D eigenvalue weighted by Crippen LogP contribution is -2.15. The second kappa shape index (κ2) is 7.09. The van der Waals surface area contributed by atoms with E-state index in [1.165, 1.54) is 6.07 Å². The topological polar surface area (TPSA) is 38.7 Å². The maximum Gasteiger partial charge on any atom is 0.160 e.